The van der Waals surface area contributed by atoms with E-state index in [-0.39, 0.29) is 12.1 Å². The van der Waals surface area contributed by atoms with Gasteiger partial charge in [0.25, 0.3) is 0 Å². The maximum atomic E-state index is 11.7. The molecule has 0 aromatic rings. The molecule has 2 aliphatic rings. The van der Waals surface area contributed by atoms with Crippen molar-refractivity contribution in [1.82, 2.24) is 10.2 Å². The van der Waals surface area contributed by atoms with Gasteiger partial charge in [-0.2, -0.15) is 0 Å². The molecular weight excluding hydrogens is 216 g/mol. The predicted octanol–water partition coefficient (Wildman–Crippen LogP) is 0.708. The van der Waals surface area contributed by atoms with Crippen molar-refractivity contribution < 1.29 is 14.7 Å². The molecule has 1 unspecified atom stereocenters. The topological polar surface area (TPSA) is 69.6 Å². The third kappa shape index (κ3) is 2.19. The van der Waals surface area contributed by atoms with Crippen molar-refractivity contribution in [1.29, 1.82) is 0 Å². The maximum Gasteiger partial charge on any atom is 0.327 e. The molecule has 2 rings (SSSR count). The largest absolute Gasteiger partial charge is 0.480 e. The van der Waals surface area contributed by atoms with Crippen molar-refractivity contribution in [2.75, 3.05) is 11.6 Å². The number of thioether (sulfide) groups is 1. The molecule has 0 bridgehead atoms. The minimum Gasteiger partial charge on any atom is -0.480 e. The molecule has 1 saturated heterocycles. The molecule has 1 aliphatic carbocycles. The van der Waals surface area contributed by atoms with E-state index >= 15 is 0 Å². The van der Waals surface area contributed by atoms with Gasteiger partial charge in [-0.3, -0.25) is 0 Å². The first-order chi connectivity index (χ1) is 7.18. The van der Waals surface area contributed by atoms with Gasteiger partial charge in [-0.05, 0) is 19.3 Å². The van der Waals surface area contributed by atoms with Crippen LogP contribution in [0.4, 0.5) is 4.79 Å². The minimum atomic E-state index is -0.913. The Labute approximate surface area is 92.2 Å². The van der Waals surface area contributed by atoms with E-state index < -0.39 is 12.0 Å². The van der Waals surface area contributed by atoms with Gasteiger partial charge < -0.3 is 15.3 Å². The summed E-state index contributed by atoms with van der Waals surface area (Å²) in [5.41, 5.74) is 0. The molecule has 6 heteroatoms. The summed E-state index contributed by atoms with van der Waals surface area (Å²) in [4.78, 5) is 24.0. The van der Waals surface area contributed by atoms with Crippen LogP contribution < -0.4 is 5.32 Å². The first kappa shape index (κ1) is 10.6. The fourth-order valence-electron chi connectivity index (χ4n) is 1.66. The molecule has 1 atom stereocenters. The molecule has 0 radical (unpaired) electrons. The number of rotatable bonds is 2. The third-order valence-electron chi connectivity index (χ3n) is 2.86. The third-order valence-corrected chi connectivity index (χ3v) is 3.87. The lowest BCUT2D eigenvalue weighted by Gasteiger charge is -2.30. The van der Waals surface area contributed by atoms with Gasteiger partial charge in [-0.1, -0.05) is 0 Å². The number of aliphatic carboxylic acids is 1. The van der Waals surface area contributed by atoms with Gasteiger partial charge in [0, 0.05) is 11.8 Å². The first-order valence-electron chi connectivity index (χ1n) is 5.06. The zero-order chi connectivity index (χ0) is 10.8. The molecule has 1 aliphatic heterocycles. The Morgan fingerprint density at radius 2 is 2.13 bits per heavy atom. The van der Waals surface area contributed by atoms with Gasteiger partial charge in [0.2, 0.25) is 0 Å². The molecule has 1 heterocycles. The van der Waals surface area contributed by atoms with Crippen LogP contribution in [0.3, 0.4) is 0 Å². The molecule has 1 saturated carbocycles. The number of carboxylic acids is 1. The van der Waals surface area contributed by atoms with Crippen LogP contribution in [0, 0.1) is 0 Å². The summed E-state index contributed by atoms with van der Waals surface area (Å²) in [5.74, 6) is 0.0620. The van der Waals surface area contributed by atoms with Gasteiger partial charge in [-0.25, -0.2) is 9.59 Å². The number of carboxylic acid groups (broad SMARTS) is 1. The number of carbonyl (C=O) groups excluding carboxylic acids is 1. The highest BCUT2D eigenvalue weighted by Gasteiger charge is 2.35. The van der Waals surface area contributed by atoms with E-state index in [9.17, 15) is 9.59 Å². The van der Waals surface area contributed by atoms with Crippen LogP contribution in [-0.2, 0) is 4.79 Å². The standard InChI is InChI=1S/C9H14N2O3S/c12-8(13)7-4-15-5-11(7)9(14)10-6-2-1-3-6/h6-7H,1-5H2,(H,10,14)(H,12,13). The van der Waals surface area contributed by atoms with Crippen LogP contribution >= 0.6 is 11.8 Å². The van der Waals surface area contributed by atoms with E-state index in [2.05, 4.69) is 5.32 Å². The lowest BCUT2D eigenvalue weighted by Crippen LogP contribution is -2.51. The zero-order valence-corrected chi connectivity index (χ0v) is 9.13. The van der Waals surface area contributed by atoms with Crippen LogP contribution in [-0.4, -0.2) is 45.7 Å². The second kappa shape index (κ2) is 4.30. The second-order valence-electron chi connectivity index (χ2n) is 3.90. The predicted molar refractivity (Wildman–Crippen MR) is 56.8 cm³/mol. The zero-order valence-electron chi connectivity index (χ0n) is 8.31. The van der Waals surface area contributed by atoms with E-state index in [0.29, 0.717) is 11.6 Å². The highest BCUT2D eigenvalue weighted by atomic mass is 32.2. The highest BCUT2D eigenvalue weighted by molar-refractivity contribution is 7.99. The first-order valence-corrected chi connectivity index (χ1v) is 6.21. The van der Waals surface area contributed by atoms with Gasteiger partial charge in [-0.15, -0.1) is 11.8 Å². The molecule has 15 heavy (non-hydrogen) atoms. The fraction of sp³-hybridized carbons (Fsp3) is 0.778. The maximum absolute atomic E-state index is 11.7. The normalized spacial score (nSPS) is 26.1. The average Bonchev–Trinajstić information content (AvgIpc) is 2.59. The summed E-state index contributed by atoms with van der Waals surface area (Å²) in [6, 6.07) is -0.621. The van der Waals surface area contributed by atoms with Crippen molar-refractivity contribution in [3.8, 4) is 0 Å². The molecule has 5 nitrogen and oxygen atoms in total. The molecule has 84 valence electrons. The Kier molecular flexibility index (Phi) is 3.04. The lowest BCUT2D eigenvalue weighted by atomic mass is 9.93. The summed E-state index contributed by atoms with van der Waals surface area (Å²) < 4.78 is 0. The summed E-state index contributed by atoms with van der Waals surface area (Å²) in [7, 11) is 0. The number of nitrogens with zero attached hydrogens (tertiary/aromatic N) is 1. The minimum absolute atomic E-state index is 0.225. The molecule has 0 spiro atoms. The van der Waals surface area contributed by atoms with Crippen LogP contribution in [0.2, 0.25) is 0 Å². The average molecular weight is 230 g/mol. The summed E-state index contributed by atoms with van der Waals surface area (Å²) >= 11 is 1.48. The number of hydrogen-bond donors (Lipinski definition) is 2. The van der Waals surface area contributed by atoms with E-state index in [1.54, 1.807) is 0 Å². The Morgan fingerprint density at radius 1 is 1.40 bits per heavy atom. The van der Waals surface area contributed by atoms with Crippen LogP contribution in [0.15, 0.2) is 0 Å². The van der Waals surface area contributed by atoms with Crippen molar-refractivity contribution in [2.45, 2.75) is 31.3 Å². The summed E-state index contributed by atoms with van der Waals surface area (Å²) in [6.07, 6.45) is 3.19. The number of carbonyl (C=O) groups is 2. The molecule has 2 N–H and O–H groups in total. The number of nitrogens with one attached hydrogen (secondary N) is 1. The van der Waals surface area contributed by atoms with Crippen molar-refractivity contribution in [3.05, 3.63) is 0 Å². The Hall–Kier alpha value is -0.910. The highest BCUT2D eigenvalue weighted by Crippen LogP contribution is 2.23. The Balaban J connectivity index is 1.90. The van der Waals surface area contributed by atoms with E-state index in [4.69, 9.17) is 5.11 Å². The Morgan fingerprint density at radius 3 is 2.67 bits per heavy atom. The second-order valence-corrected chi connectivity index (χ2v) is 4.90. The molecule has 0 aromatic carbocycles. The molecular formula is C9H14N2O3S. The van der Waals surface area contributed by atoms with Crippen molar-refractivity contribution >= 4 is 23.8 Å². The molecule has 2 amide bonds. The van der Waals surface area contributed by atoms with Gasteiger partial charge >= 0.3 is 12.0 Å². The number of amides is 2. The summed E-state index contributed by atoms with van der Waals surface area (Å²) in [6.45, 7) is 0. The quantitative estimate of drug-likeness (QED) is 0.733. The fourth-order valence-corrected chi connectivity index (χ4v) is 2.80. The van der Waals surface area contributed by atoms with Crippen LogP contribution in [0.25, 0.3) is 0 Å². The van der Waals surface area contributed by atoms with E-state index in [1.807, 2.05) is 0 Å². The van der Waals surface area contributed by atoms with Crippen LogP contribution in [0.5, 0.6) is 0 Å². The van der Waals surface area contributed by atoms with Gasteiger partial charge in [0.1, 0.15) is 6.04 Å². The lowest BCUT2D eigenvalue weighted by molar-refractivity contribution is -0.140. The van der Waals surface area contributed by atoms with Gasteiger partial charge in [0.15, 0.2) is 0 Å². The van der Waals surface area contributed by atoms with E-state index in [1.165, 1.54) is 16.7 Å². The SMILES string of the molecule is O=C(O)C1CSCN1C(=O)NC1CCC1. The number of hydrogen-bond acceptors (Lipinski definition) is 3. The van der Waals surface area contributed by atoms with Crippen molar-refractivity contribution in [3.63, 3.8) is 0 Å². The molecule has 0 aromatic heterocycles. The smallest absolute Gasteiger partial charge is 0.327 e. The van der Waals surface area contributed by atoms with Gasteiger partial charge in [0.05, 0.1) is 5.88 Å². The van der Waals surface area contributed by atoms with E-state index in [0.717, 1.165) is 19.3 Å². The molecule has 2 fully saturated rings. The van der Waals surface area contributed by atoms with Crippen LogP contribution in [0.1, 0.15) is 19.3 Å². The summed E-state index contributed by atoms with van der Waals surface area (Å²) in [5, 5.41) is 11.8. The Bertz CT molecular complexity index is 281. The monoisotopic (exact) mass is 230 g/mol. The van der Waals surface area contributed by atoms with Crippen molar-refractivity contribution in [2.24, 2.45) is 0 Å². The number of urea groups is 1.